The number of rotatable bonds is 14. The highest BCUT2D eigenvalue weighted by molar-refractivity contribution is 5.81. The van der Waals surface area contributed by atoms with Crippen molar-refractivity contribution in [2.45, 2.75) is 78.2 Å². The molecule has 2 atom stereocenters. The van der Waals surface area contributed by atoms with E-state index >= 15 is 0 Å². The van der Waals surface area contributed by atoms with Crippen LogP contribution in [0.1, 0.15) is 72.1 Å². The third-order valence-electron chi connectivity index (χ3n) is 4.06. The van der Waals surface area contributed by atoms with Gasteiger partial charge in [0, 0.05) is 0 Å². The maximum atomic E-state index is 12.2. The zero-order valence-corrected chi connectivity index (χ0v) is 15.6. The molecular weight excluding hydrogens is 306 g/mol. The maximum absolute atomic E-state index is 12.2. The Morgan fingerprint density at radius 3 is 2.25 bits per heavy atom. The summed E-state index contributed by atoms with van der Waals surface area (Å²) in [6.45, 7) is 10.1. The van der Waals surface area contributed by atoms with Gasteiger partial charge in [0.1, 0.15) is 12.6 Å². The molecule has 24 heavy (non-hydrogen) atoms. The molecule has 0 saturated carbocycles. The van der Waals surface area contributed by atoms with E-state index in [0.29, 0.717) is 6.61 Å². The number of hydrogen-bond acceptors (Lipinski definition) is 4. The molecule has 2 unspecified atom stereocenters. The molecule has 5 nitrogen and oxygen atoms in total. The second-order valence-electron chi connectivity index (χ2n) is 6.18. The number of unbranched alkanes of at least 4 members (excludes halogenated alkanes) is 6. The molecular formula is C19H35NO4. The topological polar surface area (TPSA) is 64.6 Å². The summed E-state index contributed by atoms with van der Waals surface area (Å²) in [4.78, 5) is 23.9. The van der Waals surface area contributed by atoms with Crippen molar-refractivity contribution < 1.29 is 19.1 Å². The number of amides is 1. The molecule has 0 aromatic carbocycles. The second-order valence-corrected chi connectivity index (χ2v) is 6.18. The van der Waals surface area contributed by atoms with Crippen LogP contribution in [-0.4, -0.2) is 31.3 Å². The molecule has 0 aliphatic rings. The molecule has 0 radical (unpaired) electrons. The van der Waals surface area contributed by atoms with Gasteiger partial charge in [0.25, 0.3) is 0 Å². The summed E-state index contributed by atoms with van der Waals surface area (Å²) < 4.78 is 10.2. The molecule has 0 bridgehead atoms. The first-order valence-corrected chi connectivity index (χ1v) is 9.27. The molecule has 0 aliphatic heterocycles. The fourth-order valence-corrected chi connectivity index (χ4v) is 2.29. The standard InChI is InChI=1S/C19H35NO4/c1-5-8-9-10-11-12-13-15-23-18(21)17(16(4)7-3)20-19(22)24-14-6-2/h6,16-17H,2,5,7-15H2,1,3-4H3,(H,20,22). The van der Waals surface area contributed by atoms with E-state index in [2.05, 4.69) is 18.8 Å². The maximum Gasteiger partial charge on any atom is 0.408 e. The largest absolute Gasteiger partial charge is 0.464 e. The molecule has 1 N–H and O–H groups in total. The molecule has 5 heteroatoms. The second kappa shape index (κ2) is 15.0. The van der Waals surface area contributed by atoms with Crippen molar-refractivity contribution in [3.05, 3.63) is 12.7 Å². The number of ether oxygens (including phenoxy) is 2. The van der Waals surface area contributed by atoms with Crippen LogP contribution in [-0.2, 0) is 14.3 Å². The smallest absolute Gasteiger partial charge is 0.408 e. The predicted octanol–water partition coefficient (Wildman–Crippen LogP) is 4.61. The molecule has 0 spiro atoms. The summed E-state index contributed by atoms with van der Waals surface area (Å²) in [5, 5.41) is 2.59. The minimum atomic E-state index is -0.670. The molecule has 0 saturated heterocycles. The molecule has 0 fully saturated rings. The number of alkyl carbamates (subject to hydrolysis) is 1. The first-order valence-electron chi connectivity index (χ1n) is 9.27. The lowest BCUT2D eigenvalue weighted by Crippen LogP contribution is -2.46. The van der Waals surface area contributed by atoms with Gasteiger partial charge in [-0.05, 0) is 12.3 Å². The lowest BCUT2D eigenvalue weighted by molar-refractivity contribution is -0.147. The van der Waals surface area contributed by atoms with Gasteiger partial charge in [-0.25, -0.2) is 9.59 Å². The van der Waals surface area contributed by atoms with Crippen LogP contribution in [0.4, 0.5) is 4.79 Å². The van der Waals surface area contributed by atoms with Gasteiger partial charge in [0.2, 0.25) is 0 Å². The summed E-state index contributed by atoms with van der Waals surface area (Å²) in [5.74, 6) is -0.395. The van der Waals surface area contributed by atoms with Gasteiger partial charge < -0.3 is 14.8 Å². The Morgan fingerprint density at radius 1 is 1.04 bits per heavy atom. The van der Waals surface area contributed by atoms with Crippen molar-refractivity contribution in [1.29, 1.82) is 0 Å². The SMILES string of the molecule is C=CCOC(=O)NC(C(=O)OCCCCCCCCC)C(C)CC. The minimum absolute atomic E-state index is 0.0113. The van der Waals surface area contributed by atoms with Crippen molar-refractivity contribution in [2.24, 2.45) is 5.92 Å². The highest BCUT2D eigenvalue weighted by Gasteiger charge is 2.27. The van der Waals surface area contributed by atoms with Crippen LogP contribution in [0.3, 0.4) is 0 Å². The lowest BCUT2D eigenvalue weighted by atomic mass is 9.99. The van der Waals surface area contributed by atoms with Gasteiger partial charge in [0.15, 0.2) is 0 Å². The Hall–Kier alpha value is -1.52. The fourth-order valence-electron chi connectivity index (χ4n) is 2.29. The van der Waals surface area contributed by atoms with Gasteiger partial charge in [-0.1, -0.05) is 78.4 Å². The van der Waals surface area contributed by atoms with Crippen LogP contribution >= 0.6 is 0 Å². The van der Waals surface area contributed by atoms with Gasteiger partial charge >= 0.3 is 12.1 Å². The van der Waals surface area contributed by atoms with Gasteiger partial charge in [-0.15, -0.1) is 0 Å². The van der Waals surface area contributed by atoms with E-state index in [9.17, 15) is 9.59 Å². The van der Waals surface area contributed by atoms with Crippen LogP contribution < -0.4 is 5.32 Å². The molecule has 0 aromatic rings. The van der Waals surface area contributed by atoms with E-state index in [4.69, 9.17) is 9.47 Å². The van der Waals surface area contributed by atoms with E-state index in [1.165, 1.54) is 38.2 Å². The summed E-state index contributed by atoms with van der Waals surface area (Å²) >= 11 is 0. The van der Waals surface area contributed by atoms with E-state index in [1.807, 2.05) is 13.8 Å². The van der Waals surface area contributed by atoms with Crippen molar-refractivity contribution in [3.8, 4) is 0 Å². The van der Waals surface area contributed by atoms with Crippen LogP contribution in [0.2, 0.25) is 0 Å². The molecule has 1 amide bonds. The van der Waals surface area contributed by atoms with Crippen LogP contribution in [0.15, 0.2) is 12.7 Å². The monoisotopic (exact) mass is 341 g/mol. The van der Waals surface area contributed by atoms with Crippen LogP contribution in [0.25, 0.3) is 0 Å². The molecule has 0 aliphatic carbocycles. The summed E-state index contributed by atoms with van der Waals surface area (Å²) in [6, 6.07) is -0.670. The number of esters is 1. The molecule has 0 aromatic heterocycles. The van der Waals surface area contributed by atoms with Crippen molar-refractivity contribution in [2.75, 3.05) is 13.2 Å². The van der Waals surface area contributed by atoms with E-state index in [1.54, 1.807) is 0 Å². The third kappa shape index (κ3) is 11.1. The average molecular weight is 341 g/mol. The Balaban J connectivity index is 4.08. The summed E-state index contributed by atoms with van der Waals surface area (Å²) in [7, 11) is 0. The van der Waals surface area contributed by atoms with Gasteiger partial charge in [-0.3, -0.25) is 0 Å². The first-order chi connectivity index (χ1) is 11.6. The zero-order valence-electron chi connectivity index (χ0n) is 15.6. The van der Waals surface area contributed by atoms with Crippen molar-refractivity contribution in [3.63, 3.8) is 0 Å². The van der Waals surface area contributed by atoms with E-state index in [0.717, 1.165) is 19.3 Å². The van der Waals surface area contributed by atoms with E-state index < -0.39 is 12.1 Å². The Kier molecular flexibility index (Phi) is 14.1. The molecule has 140 valence electrons. The highest BCUT2D eigenvalue weighted by atomic mass is 16.6. The summed E-state index contributed by atoms with van der Waals surface area (Å²) in [5.41, 5.74) is 0. The van der Waals surface area contributed by atoms with Crippen LogP contribution in [0.5, 0.6) is 0 Å². The minimum Gasteiger partial charge on any atom is -0.464 e. The fraction of sp³-hybridized carbons (Fsp3) is 0.789. The normalized spacial score (nSPS) is 13.0. The Labute approximate surface area is 147 Å². The van der Waals surface area contributed by atoms with Gasteiger partial charge in [0.05, 0.1) is 6.61 Å². The number of nitrogens with one attached hydrogen (secondary N) is 1. The quantitative estimate of drug-likeness (QED) is 0.285. The Bertz CT molecular complexity index is 357. The number of hydrogen-bond donors (Lipinski definition) is 1. The molecule has 0 rings (SSSR count). The van der Waals surface area contributed by atoms with Gasteiger partial charge in [-0.2, -0.15) is 0 Å². The predicted molar refractivity (Wildman–Crippen MR) is 96.9 cm³/mol. The Morgan fingerprint density at radius 2 is 1.67 bits per heavy atom. The molecule has 0 heterocycles. The number of carbonyl (C=O) groups excluding carboxylic acids is 2. The van der Waals surface area contributed by atoms with Crippen molar-refractivity contribution in [1.82, 2.24) is 5.32 Å². The van der Waals surface area contributed by atoms with E-state index in [-0.39, 0.29) is 18.5 Å². The number of carbonyl (C=O) groups is 2. The highest BCUT2D eigenvalue weighted by Crippen LogP contribution is 2.11. The zero-order chi connectivity index (χ0) is 18.2. The van der Waals surface area contributed by atoms with Crippen LogP contribution in [0, 0.1) is 5.92 Å². The third-order valence-corrected chi connectivity index (χ3v) is 4.06. The first kappa shape index (κ1) is 22.5. The summed E-state index contributed by atoms with van der Waals surface area (Å²) in [6.07, 6.45) is 9.81. The van der Waals surface area contributed by atoms with Crippen molar-refractivity contribution >= 4 is 12.1 Å². The average Bonchev–Trinajstić information content (AvgIpc) is 2.59. The lowest BCUT2D eigenvalue weighted by Gasteiger charge is -2.22.